The number of carbonyl (C=O) groups is 1. The van der Waals surface area contributed by atoms with E-state index in [2.05, 4.69) is 19.9 Å². The van der Waals surface area contributed by atoms with Crippen LogP contribution < -0.4 is 0 Å². The molecular formula is C23H32O7. The van der Waals surface area contributed by atoms with Crippen LogP contribution in [0.3, 0.4) is 0 Å². The highest BCUT2D eigenvalue weighted by Crippen LogP contribution is 2.71. The molecule has 0 aromatic heterocycles. The number of allylic oxidation sites excluding steroid dienone is 3. The average Bonchev–Trinajstić information content (AvgIpc) is 3.48. The van der Waals surface area contributed by atoms with Crippen molar-refractivity contribution in [1.29, 1.82) is 0 Å². The number of aliphatic hydroxyl groups excluding tert-OH is 3. The lowest BCUT2D eigenvalue weighted by molar-refractivity contribution is -0.228. The summed E-state index contributed by atoms with van der Waals surface area (Å²) in [6.45, 7) is 6.14. The van der Waals surface area contributed by atoms with Crippen LogP contribution in [0.1, 0.15) is 40.0 Å². The average molecular weight is 421 g/mol. The van der Waals surface area contributed by atoms with Gasteiger partial charge >= 0.3 is 5.97 Å². The molecule has 7 nitrogen and oxygen atoms in total. The standard InChI is InChI=1S/C23H32O7/c1-14-8-9-22(12-24)18(10-14)29-19-11-17(21(22,3)23(19)13-28-23)30-20(27)7-5-4-6-16(26)15(2)25/h4-7,10,15-19,24-26H,8-9,11-13H2,1-3H3/b6-4+,7-5-/t15-,16+,17-,18-,19-,21-,22-,23+/m1/s1. The molecule has 1 spiro atoms. The Bertz CT molecular complexity index is 780. The Labute approximate surface area is 177 Å². The molecule has 166 valence electrons. The topological polar surface area (TPSA) is 109 Å². The van der Waals surface area contributed by atoms with E-state index in [9.17, 15) is 20.1 Å². The zero-order chi connectivity index (χ0) is 21.7. The van der Waals surface area contributed by atoms with Crippen LogP contribution in [0.2, 0.25) is 0 Å². The van der Waals surface area contributed by atoms with Crippen LogP contribution in [-0.4, -0.2) is 70.6 Å². The predicted octanol–water partition coefficient (Wildman–Crippen LogP) is 1.42. The molecule has 2 aliphatic heterocycles. The SMILES string of the molecule is CC1=C[C@H]2O[C@@H]3C[C@@H](OC(=O)/C=C\C=C\[C@H](O)[C@@H](C)O)[C@](C)([C@@]2(CO)CC1)[C@]31CO1. The maximum Gasteiger partial charge on any atom is 0.331 e. The zero-order valence-electron chi connectivity index (χ0n) is 17.8. The molecule has 2 heterocycles. The van der Waals surface area contributed by atoms with Crippen LogP contribution in [0.15, 0.2) is 36.0 Å². The molecule has 2 aliphatic carbocycles. The zero-order valence-corrected chi connectivity index (χ0v) is 17.8. The fraction of sp³-hybridized carbons (Fsp3) is 0.696. The van der Waals surface area contributed by atoms with E-state index < -0.39 is 40.7 Å². The third kappa shape index (κ3) is 3.02. The Morgan fingerprint density at radius 1 is 1.40 bits per heavy atom. The Hall–Kier alpha value is -1.51. The van der Waals surface area contributed by atoms with Crippen LogP contribution in [0.5, 0.6) is 0 Å². The number of carbonyl (C=O) groups excluding carboxylic acids is 1. The summed E-state index contributed by atoms with van der Waals surface area (Å²) in [5.74, 6) is -0.493. The second kappa shape index (κ2) is 7.57. The van der Waals surface area contributed by atoms with Crippen LogP contribution in [0.4, 0.5) is 0 Å². The molecule has 0 aromatic carbocycles. The molecule has 7 heteroatoms. The summed E-state index contributed by atoms with van der Waals surface area (Å²) in [7, 11) is 0. The van der Waals surface area contributed by atoms with Crippen molar-refractivity contribution in [1.82, 2.24) is 0 Å². The van der Waals surface area contributed by atoms with Crippen LogP contribution in [-0.2, 0) is 19.0 Å². The maximum absolute atomic E-state index is 12.5. The summed E-state index contributed by atoms with van der Waals surface area (Å²) in [6.07, 6.45) is 7.27. The molecule has 4 aliphatic rings. The number of esters is 1. The van der Waals surface area contributed by atoms with Gasteiger partial charge in [-0.3, -0.25) is 0 Å². The second-order valence-corrected chi connectivity index (χ2v) is 9.39. The largest absolute Gasteiger partial charge is 0.458 e. The number of fused-ring (bicyclic) bond motifs is 2. The number of rotatable bonds is 6. The highest BCUT2D eigenvalue weighted by atomic mass is 16.6. The number of ether oxygens (including phenoxy) is 3. The molecule has 2 bridgehead atoms. The smallest absolute Gasteiger partial charge is 0.331 e. The van der Waals surface area contributed by atoms with Gasteiger partial charge in [-0.15, -0.1) is 0 Å². The van der Waals surface area contributed by atoms with E-state index >= 15 is 0 Å². The van der Waals surface area contributed by atoms with E-state index in [1.807, 2.05) is 0 Å². The van der Waals surface area contributed by atoms with Gasteiger partial charge in [0.15, 0.2) is 0 Å². The lowest BCUT2D eigenvalue weighted by Gasteiger charge is -2.58. The van der Waals surface area contributed by atoms with Crippen molar-refractivity contribution < 1.29 is 34.3 Å². The van der Waals surface area contributed by atoms with Crippen LogP contribution >= 0.6 is 0 Å². The van der Waals surface area contributed by atoms with Gasteiger partial charge in [-0.1, -0.05) is 36.8 Å². The van der Waals surface area contributed by atoms with Crippen molar-refractivity contribution in [3.8, 4) is 0 Å². The van der Waals surface area contributed by atoms with Gasteiger partial charge in [0.05, 0.1) is 37.6 Å². The summed E-state index contributed by atoms with van der Waals surface area (Å²) >= 11 is 0. The van der Waals surface area contributed by atoms with Crippen molar-refractivity contribution in [2.24, 2.45) is 10.8 Å². The van der Waals surface area contributed by atoms with E-state index in [-0.39, 0.29) is 18.8 Å². The second-order valence-electron chi connectivity index (χ2n) is 9.39. The first kappa shape index (κ1) is 21.7. The van der Waals surface area contributed by atoms with E-state index in [0.717, 1.165) is 12.8 Å². The minimum absolute atomic E-state index is 0.0559. The van der Waals surface area contributed by atoms with Crippen LogP contribution in [0, 0.1) is 10.8 Å². The summed E-state index contributed by atoms with van der Waals surface area (Å²) in [5.41, 5.74) is -0.378. The monoisotopic (exact) mass is 420 g/mol. The van der Waals surface area contributed by atoms with Gasteiger partial charge in [0.25, 0.3) is 0 Å². The van der Waals surface area contributed by atoms with Gasteiger partial charge < -0.3 is 29.5 Å². The van der Waals surface area contributed by atoms with Gasteiger partial charge in [-0.25, -0.2) is 4.79 Å². The molecule has 3 fully saturated rings. The molecule has 0 unspecified atom stereocenters. The highest BCUT2D eigenvalue weighted by Gasteiger charge is 2.82. The van der Waals surface area contributed by atoms with Crippen molar-refractivity contribution >= 4 is 5.97 Å². The van der Waals surface area contributed by atoms with Crippen molar-refractivity contribution in [3.63, 3.8) is 0 Å². The molecule has 4 rings (SSSR count). The quantitative estimate of drug-likeness (QED) is 0.196. The van der Waals surface area contributed by atoms with Gasteiger partial charge in [0.2, 0.25) is 0 Å². The molecule has 0 radical (unpaired) electrons. The summed E-state index contributed by atoms with van der Waals surface area (Å²) < 4.78 is 18.3. The summed E-state index contributed by atoms with van der Waals surface area (Å²) in [6, 6.07) is 0. The van der Waals surface area contributed by atoms with E-state index in [4.69, 9.17) is 14.2 Å². The van der Waals surface area contributed by atoms with Crippen molar-refractivity contribution in [2.75, 3.05) is 13.2 Å². The van der Waals surface area contributed by atoms with Gasteiger partial charge in [0, 0.05) is 23.3 Å². The molecule has 3 N–H and O–H groups in total. The Morgan fingerprint density at radius 3 is 2.77 bits per heavy atom. The van der Waals surface area contributed by atoms with Crippen LogP contribution in [0.25, 0.3) is 0 Å². The molecule has 30 heavy (non-hydrogen) atoms. The molecule has 1 saturated carbocycles. The summed E-state index contributed by atoms with van der Waals surface area (Å²) in [5, 5.41) is 29.4. The third-order valence-electron chi connectivity index (χ3n) is 7.90. The van der Waals surface area contributed by atoms with Gasteiger partial charge in [-0.2, -0.15) is 0 Å². The van der Waals surface area contributed by atoms with Crippen molar-refractivity contribution in [3.05, 3.63) is 36.0 Å². The summed E-state index contributed by atoms with van der Waals surface area (Å²) in [4.78, 5) is 12.5. The minimum Gasteiger partial charge on any atom is -0.458 e. The Morgan fingerprint density at radius 2 is 2.13 bits per heavy atom. The molecule has 8 atom stereocenters. The first-order chi connectivity index (χ1) is 14.2. The van der Waals surface area contributed by atoms with Gasteiger partial charge in [0.1, 0.15) is 11.7 Å². The number of hydrogen-bond donors (Lipinski definition) is 3. The van der Waals surface area contributed by atoms with E-state index in [0.29, 0.717) is 13.0 Å². The molecular weight excluding hydrogens is 388 g/mol. The Balaban J connectivity index is 1.55. The van der Waals surface area contributed by atoms with E-state index in [1.54, 1.807) is 0 Å². The Kier molecular flexibility index (Phi) is 5.48. The fourth-order valence-electron chi connectivity index (χ4n) is 5.82. The third-order valence-corrected chi connectivity index (χ3v) is 7.90. The van der Waals surface area contributed by atoms with Crippen molar-refractivity contribution in [2.45, 2.75) is 76.2 Å². The van der Waals surface area contributed by atoms with Gasteiger partial charge in [-0.05, 0) is 26.7 Å². The minimum atomic E-state index is -0.994. The lowest BCUT2D eigenvalue weighted by Crippen LogP contribution is -2.66. The predicted molar refractivity (Wildman–Crippen MR) is 108 cm³/mol. The molecule has 0 amide bonds. The number of epoxide rings is 1. The molecule has 2 saturated heterocycles. The number of hydrogen-bond acceptors (Lipinski definition) is 7. The van der Waals surface area contributed by atoms with E-state index in [1.165, 1.54) is 36.8 Å². The maximum atomic E-state index is 12.5. The first-order valence-corrected chi connectivity index (χ1v) is 10.7. The molecule has 0 aromatic rings. The lowest BCUT2D eigenvalue weighted by atomic mass is 9.51. The fourth-order valence-corrected chi connectivity index (χ4v) is 5.82. The number of aliphatic hydroxyl groups is 3. The first-order valence-electron chi connectivity index (χ1n) is 10.7. The highest BCUT2D eigenvalue weighted by molar-refractivity contribution is 5.82. The normalized spacial score (nSPS) is 44.2.